The second-order valence-corrected chi connectivity index (χ2v) is 8.56. The van der Waals surface area contributed by atoms with E-state index in [4.69, 9.17) is 13.6 Å². The first-order chi connectivity index (χ1) is 13.2. The summed E-state index contributed by atoms with van der Waals surface area (Å²) in [6.45, 7) is 11.2. The molecule has 0 radical (unpaired) electrons. The fourth-order valence-corrected chi connectivity index (χ4v) is 3.07. The van der Waals surface area contributed by atoms with Gasteiger partial charge in [0, 0.05) is 25.9 Å². The van der Waals surface area contributed by atoms with Gasteiger partial charge in [-0.15, -0.1) is 0 Å². The monoisotopic (exact) mass is 389 g/mol. The number of amides is 1. The number of aryl methyl sites for hydroxylation is 4. The molecule has 2 aromatic rings. The van der Waals surface area contributed by atoms with Crippen molar-refractivity contribution in [2.45, 2.75) is 78.7 Å². The van der Waals surface area contributed by atoms with Crippen LogP contribution in [0.3, 0.4) is 0 Å². The number of nitrogens with zero attached hydrogens (tertiary/aromatic N) is 1. The summed E-state index contributed by atoms with van der Waals surface area (Å²) in [5.74, 6) is 2.02. The Morgan fingerprint density at radius 2 is 1.36 bits per heavy atom. The predicted molar refractivity (Wildman–Crippen MR) is 111 cm³/mol. The average molecular weight is 390 g/mol. The molecule has 156 valence electrons. The smallest absolute Gasteiger partial charge is 0.410 e. The molecule has 0 saturated carbocycles. The van der Waals surface area contributed by atoms with Crippen molar-refractivity contribution >= 4 is 6.09 Å². The third kappa shape index (κ3) is 8.24. The van der Waals surface area contributed by atoms with E-state index in [1.807, 2.05) is 39.5 Å². The molecule has 0 bridgehead atoms. The van der Waals surface area contributed by atoms with E-state index in [-0.39, 0.29) is 6.09 Å². The SMILES string of the molecule is Cc1coc(CCCCN(CCCCc2cc(C)co2)C(=O)OC(C)(C)C)c1. The van der Waals surface area contributed by atoms with E-state index in [1.54, 1.807) is 12.5 Å². The van der Waals surface area contributed by atoms with E-state index in [9.17, 15) is 4.79 Å². The summed E-state index contributed by atoms with van der Waals surface area (Å²) < 4.78 is 16.6. The van der Waals surface area contributed by atoms with Crippen LogP contribution in [0, 0.1) is 13.8 Å². The molecule has 0 spiro atoms. The Morgan fingerprint density at radius 1 is 0.893 bits per heavy atom. The van der Waals surface area contributed by atoms with Gasteiger partial charge in [-0.05, 0) is 83.6 Å². The van der Waals surface area contributed by atoms with E-state index in [0.717, 1.165) is 61.2 Å². The fourth-order valence-electron chi connectivity index (χ4n) is 3.07. The number of furan rings is 2. The molecule has 0 fully saturated rings. The number of rotatable bonds is 10. The molecule has 0 atom stereocenters. The Morgan fingerprint density at radius 3 is 1.71 bits per heavy atom. The van der Waals surface area contributed by atoms with Crippen molar-refractivity contribution in [3.63, 3.8) is 0 Å². The molecule has 0 aliphatic carbocycles. The topological polar surface area (TPSA) is 55.8 Å². The van der Waals surface area contributed by atoms with Crippen LogP contribution >= 0.6 is 0 Å². The van der Waals surface area contributed by atoms with E-state index < -0.39 is 5.60 Å². The molecule has 0 aromatic carbocycles. The lowest BCUT2D eigenvalue weighted by Crippen LogP contribution is -2.38. The molecule has 0 aliphatic heterocycles. The van der Waals surface area contributed by atoms with Crippen LogP contribution in [0.1, 0.15) is 69.1 Å². The highest BCUT2D eigenvalue weighted by Gasteiger charge is 2.21. The minimum Gasteiger partial charge on any atom is -0.469 e. The van der Waals surface area contributed by atoms with Gasteiger partial charge in [-0.2, -0.15) is 0 Å². The van der Waals surface area contributed by atoms with Gasteiger partial charge in [-0.3, -0.25) is 0 Å². The predicted octanol–water partition coefficient (Wildman–Crippen LogP) is 6.07. The van der Waals surface area contributed by atoms with E-state index in [0.29, 0.717) is 13.1 Å². The highest BCUT2D eigenvalue weighted by molar-refractivity contribution is 5.68. The minimum absolute atomic E-state index is 0.227. The van der Waals surface area contributed by atoms with Crippen molar-refractivity contribution in [3.05, 3.63) is 47.3 Å². The Balaban J connectivity index is 1.77. The Hall–Kier alpha value is -2.17. The normalized spacial score (nSPS) is 11.6. The van der Waals surface area contributed by atoms with Crippen LogP contribution in [0.25, 0.3) is 0 Å². The zero-order valence-corrected chi connectivity index (χ0v) is 18.0. The number of unbranched alkanes of at least 4 members (excludes halogenated alkanes) is 2. The van der Waals surface area contributed by atoms with Crippen molar-refractivity contribution in [1.29, 1.82) is 0 Å². The van der Waals surface area contributed by atoms with Crippen LogP contribution in [0.2, 0.25) is 0 Å². The van der Waals surface area contributed by atoms with Crippen molar-refractivity contribution in [2.75, 3.05) is 13.1 Å². The quantitative estimate of drug-likeness (QED) is 0.463. The largest absolute Gasteiger partial charge is 0.469 e. The summed E-state index contributed by atoms with van der Waals surface area (Å²) in [4.78, 5) is 14.4. The molecular weight excluding hydrogens is 354 g/mol. The molecule has 5 heteroatoms. The third-order valence-corrected chi connectivity index (χ3v) is 4.42. The summed E-state index contributed by atoms with van der Waals surface area (Å²) in [5.41, 5.74) is 1.82. The molecule has 0 N–H and O–H groups in total. The molecule has 2 heterocycles. The Kier molecular flexibility index (Phi) is 8.21. The van der Waals surface area contributed by atoms with Gasteiger partial charge >= 0.3 is 6.09 Å². The summed E-state index contributed by atoms with van der Waals surface area (Å²) in [6.07, 6.45) is 8.95. The van der Waals surface area contributed by atoms with Gasteiger partial charge < -0.3 is 18.5 Å². The maximum atomic E-state index is 12.6. The Bertz CT molecular complexity index is 675. The van der Waals surface area contributed by atoms with Crippen LogP contribution in [-0.2, 0) is 17.6 Å². The zero-order chi connectivity index (χ0) is 20.6. The number of ether oxygens (including phenoxy) is 1. The van der Waals surface area contributed by atoms with Crippen molar-refractivity contribution in [2.24, 2.45) is 0 Å². The molecular formula is C23H35NO4. The van der Waals surface area contributed by atoms with Crippen LogP contribution < -0.4 is 0 Å². The third-order valence-electron chi connectivity index (χ3n) is 4.42. The van der Waals surface area contributed by atoms with Crippen molar-refractivity contribution in [1.82, 2.24) is 4.90 Å². The average Bonchev–Trinajstić information content (AvgIpc) is 3.19. The summed E-state index contributed by atoms with van der Waals surface area (Å²) in [6, 6.07) is 4.14. The summed E-state index contributed by atoms with van der Waals surface area (Å²) in [5, 5.41) is 0. The lowest BCUT2D eigenvalue weighted by Gasteiger charge is -2.27. The minimum atomic E-state index is -0.479. The number of hydrogen-bond donors (Lipinski definition) is 0. The maximum absolute atomic E-state index is 12.6. The lowest BCUT2D eigenvalue weighted by atomic mass is 10.1. The second kappa shape index (κ2) is 10.4. The van der Waals surface area contributed by atoms with E-state index in [2.05, 4.69) is 12.1 Å². The van der Waals surface area contributed by atoms with E-state index in [1.165, 1.54) is 0 Å². The van der Waals surface area contributed by atoms with E-state index >= 15 is 0 Å². The standard InChI is InChI=1S/C23H35NO4/c1-18-14-20(26-16-18)10-6-8-12-24(22(25)28-23(3,4)5)13-9-7-11-21-15-19(2)17-27-21/h14-17H,6-13H2,1-5H3. The highest BCUT2D eigenvalue weighted by atomic mass is 16.6. The van der Waals surface area contributed by atoms with Crippen molar-refractivity contribution in [3.8, 4) is 0 Å². The van der Waals surface area contributed by atoms with Crippen molar-refractivity contribution < 1.29 is 18.4 Å². The molecule has 2 aromatic heterocycles. The number of carbonyl (C=O) groups excluding carboxylic acids is 1. The lowest BCUT2D eigenvalue weighted by molar-refractivity contribution is 0.0244. The Labute approximate surface area is 169 Å². The summed E-state index contributed by atoms with van der Waals surface area (Å²) >= 11 is 0. The van der Waals surface area contributed by atoms with Crippen LogP contribution in [-0.4, -0.2) is 29.7 Å². The first kappa shape index (κ1) is 22.1. The first-order valence-corrected chi connectivity index (χ1v) is 10.3. The van der Waals surface area contributed by atoms with Gasteiger partial charge in [-0.25, -0.2) is 4.79 Å². The molecule has 28 heavy (non-hydrogen) atoms. The van der Waals surface area contributed by atoms with Crippen LogP contribution in [0.15, 0.2) is 33.5 Å². The maximum Gasteiger partial charge on any atom is 0.410 e. The van der Waals surface area contributed by atoms with Gasteiger partial charge in [-0.1, -0.05) is 0 Å². The van der Waals surface area contributed by atoms with Crippen LogP contribution in [0.4, 0.5) is 4.79 Å². The number of hydrogen-bond acceptors (Lipinski definition) is 4. The molecule has 0 saturated heterocycles. The number of carbonyl (C=O) groups is 1. The van der Waals surface area contributed by atoms with Crippen LogP contribution in [0.5, 0.6) is 0 Å². The molecule has 5 nitrogen and oxygen atoms in total. The molecule has 2 rings (SSSR count). The first-order valence-electron chi connectivity index (χ1n) is 10.3. The van der Waals surface area contributed by atoms with Gasteiger partial charge in [0.25, 0.3) is 0 Å². The fraction of sp³-hybridized carbons (Fsp3) is 0.609. The van der Waals surface area contributed by atoms with Gasteiger partial charge in [0.05, 0.1) is 12.5 Å². The molecule has 1 amide bonds. The second-order valence-electron chi connectivity index (χ2n) is 8.56. The zero-order valence-electron chi connectivity index (χ0n) is 18.0. The highest BCUT2D eigenvalue weighted by Crippen LogP contribution is 2.15. The van der Waals surface area contributed by atoms with Gasteiger partial charge in [0.2, 0.25) is 0 Å². The summed E-state index contributed by atoms with van der Waals surface area (Å²) in [7, 11) is 0. The van der Waals surface area contributed by atoms with Gasteiger partial charge in [0.1, 0.15) is 17.1 Å². The molecule has 0 unspecified atom stereocenters. The van der Waals surface area contributed by atoms with Gasteiger partial charge in [0.15, 0.2) is 0 Å². The molecule has 0 aliphatic rings.